The molecule has 0 unspecified atom stereocenters. The summed E-state index contributed by atoms with van der Waals surface area (Å²) in [5, 5.41) is 2.60. The van der Waals surface area contributed by atoms with Crippen LogP contribution in [0.25, 0.3) is 0 Å². The van der Waals surface area contributed by atoms with Crippen LogP contribution in [0.2, 0.25) is 0 Å². The van der Waals surface area contributed by atoms with E-state index in [2.05, 4.69) is 15.2 Å². The Balaban J connectivity index is 1.74. The molecule has 0 aromatic carbocycles. The third-order valence-electron chi connectivity index (χ3n) is 4.82. The smallest absolute Gasteiger partial charge is 0.272 e. The van der Waals surface area contributed by atoms with Crippen molar-refractivity contribution in [3.63, 3.8) is 0 Å². The van der Waals surface area contributed by atoms with Gasteiger partial charge in [0.05, 0.1) is 12.2 Å². The van der Waals surface area contributed by atoms with E-state index in [1.807, 2.05) is 12.1 Å². The summed E-state index contributed by atoms with van der Waals surface area (Å²) < 4.78 is 0. The predicted molar refractivity (Wildman–Crippen MR) is 87.8 cm³/mol. The molecule has 0 bridgehead atoms. The summed E-state index contributed by atoms with van der Waals surface area (Å²) in [6.45, 7) is 1.23. The second kappa shape index (κ2) is 7.57. The van der Waals surface area contributed by atoms with Gasteiger partial charge in [-0.05, 0) is 43.7 Å². The lowest BCUT2D eigenvalue weighted by atomic mass is 9.93. The summed E-state index contributed by atoms with van der Waals surface area (Å²) in [6, 6.07) is 5.84. The van der Waals surface area contributed by atoms with Crippen molar-refractivity contribution >= 4 is 12.3 Å². The van der Waals surface area contributed by atoms with Crippen LogP contribution in [0.3, 0.4) is 0 Å². The highest BCUT2D eigenvalue weighted by molar-refractivity contribution is 5.92. The average molecular weight is 315 g/mol. The summed E-state index contributed by atoms with van der Waals surface area (Å²) in [5.74, 6) is 0.734. The Labute approximate surface area is 137 Å². The molecule has 2 aliphatic rings. The van der Waals surface area contributed by atoms with Crippen LogP contribution in [0.15, 0.2) is 18.2 Å². The maximum absolute atomic E-state index is 13.0. The van der Waals surface area contributed by atoms with Gasteiger partial charge in [0.15, 0.2) is 0 Å². The van der Waals surface area contributed by atoms with Gasteiger partial charge in [-0.2, -0.15) is 0 Å². The molecular formula is C18H25N3O2. The summed E-state index contributed by atoms with van der Waals surface area (Å²) in [7, 11) is 0. The monoisotopic (exact) mass is 315 g/mol. The fraction of sp³-hybridized carbons (Fsp3) is 0.611. The van der Waals surface area contributed by atoms with E-state index < -0.39 is 0 Å². The Kier molecular flexibility index (Phi) is 5.26. The lowest BCUT2D eigenvalue weighted by Gasteiger charge is -2.34. The van der Waals surface area contributed by atoms with Crippen molar-refractivity contribution in [3.05, 3.63) is 29.6 Å². The minimum absolute atomic E-state index is 0.0525. The normalized spacial score (nSPS) is 18.4. The third-order valence-corrected chi connectivity index (χ3v) is 4.82. The van der Waals surface area contributed by atoms with Crippen molar-refractivity contribution in [2.45, 2.75) is 57.5 Å². The van der Waals surface area contributed by atoms with Crippen LogP contribution in [-0.4, -0.2) is 34.8 Å². The van der Waals surface area contributed by atoms with Crippen molar-refractivity contribution in [2.24, 2.45) is 5.92 Å². The summed E-state index contributed by atoms with van der Waals surface area (Å²) in [5.41, 5.74) is 1.22. The summed E-state index contributed by atoms with van der Waals surface area (Å²) in [4.78, 5) is 30.0. The molecule has 23 heavy (non-hydrogen) atoms. The van der Waals surface area contributed by atoms with Gasteiger partial charge < -0.3 is 10.2 Å². The number of rotatable bonds is 7. The second-order valence-corrected chi connectivity index (χ2v) is 6.71. The zero-order valence-electron chi connectivity index (χ0n) is 13.5. The van der Waals surface area contributed by atoms with E-state index in [1.165, 1.54) is 32.1 Å². The van der Waals surface area contributed by atoms with Crippen molar-refractivity contribution in [3.8, 4) is 0 Å². The highest BCUT2D eigenvalue weighted by Gasteiger charge is 2.32. The number of carbonyl (C=O) groups is 2. The zero-order valence-corrected chi connectivity index (χ0v) is 13.5. The van der Waals surface area contributed by atoms with Gasteiger partial charge in [-0.3, -0.25) is 9.59 Å². The third kappa shape index (κ3) is 4.30. The molecule has 2 fully saturated rings. The minimum atomic E-state index is 0.0525. The maximum Gasteiger partial charge on any atom is 0.272 e. The van der Waals surface area contributed by atoms with Crippen molar-refractivity contribution in [1.82, 2.24) is 15.2 Å². The first-order valence-electron chi connectivity index (χ1n) is 8.72. The minimum Gasteiger partial charge on any atom is -0.353 e. The van der Waals surface area contributed by atoms with E-state index in [1.54, 1.807) is 6.07 Å². The van der Waals surface area contributed by atoms with E-state index >= 15 is 0 Å². The zero-order chi connectivity index (χ0) is 16.1. The Morgan fingerprint density at radius 1 is 1.22 bits per heavy atom. The summed E-state index contributed by atoms with van der Waals surface area (Å²) in [6.07, 6.45) is 9.09. The first-order chi connectivity index (χ1) is 11.3. The molecule has 0 spiro atoms. The van der Waals surface area contributed by atoms with Gasteiger partial charge in [0.1, 0.15) is 5.69 Å². The first kappa shape index (κ1) is 16.0. The van der Waals surface area contributed by atoms with Crippen molar-refractivity contribution < 1.29 is 9.59 Å². The molecule has 0 atom stereocenters. The number of hydrogen-bond donors (Lipinski definition) is 1. The van der Waals surface area contributed by atoms with Gasteiger partial charge in [0.2, 0.25) is 6.41 Å². The Morgan fingerprint density at radius 3 is 2.70 bits per heavy atom. The molecule has 3 rings (SSSR count). The Hall–Kier alpha value is -1.91. The molecule has 2 saturated carbocycles. The number of aromatic nitrogens is 1. The van der Waals surface area contributed by atoms with Crippen LogP contribution < -0.4 is 5.32 Å². The fourth-order valence-electron chi connectivity index (χ4n) is 3.36. The van der Waals surface area contributed by atoms with E-state index in [4.69, 9.17) is 0 Å². The van der Waals surface area contributed by atoms with Crippen molar-refractivity contribution in [2.75, 3.05) is 6.54 Å². The largest absolute Gasteiger partial charge is 0.353 e. The Morgan fingerprint density at radius 2 is 2.00 bits per heavy atom. The molecule has 2 amide bonds. The average Bonchev–Trinajstić information content (AvgIpc) is 3.42. The Bertz CT molecular complexity index is 551. The standard InChI is InChI=1S/C18H25N3O2/c22-13-19-11-15-5-4-8-17(20-15)18(23)21(12-14-9-10-14)16-6-2-1-3-7-16/h4-5,8,13-14,16H,1-3,6-7,9-12H2,(H,19,22). The SMILES string of the molecule is O=CNCc1cccc(C(=O)N(CC2CC2)C2CCCCC2)n1. The quantitative estimate of drug-likeness (QED) is 0.786. The molecule has 1 aromatic rings. The molecule has 124 valence electrons. The highest BCUT2D eigenvalue weighted by atomic mass is 16.2. The predicted octanol–water partition coefficient (Wildman–Crippen LogP) is 2.51. The van der Waals surface area contributed by atoms with Crippen LogP contribution in [0.5, 0.6) is 0 Å². The molecule has 1 aromatic heterocycles. The van der Waals surface area contributed by atoms with Crippen LogP contribution in [-0.2, 0) is 11.3 Å². The molecular weight excluding hydrogens is 290 g/mol. The highest BCUT2D eigenvalue weighted by Crippen LogP contribution is 2.33. The van der Waals surface area contributed by atoms with E-state index in [0.717, 1.165) is 25.1 Å². The van der Waals surface area contributed by atoms with Gasteiger partial charge in [-0.1, -0.05) is 25.3 Å². The number of hydrogen-bond acceptors (Lipinski definition) is 3. The number of carbonyl (C=O) groups excluding carboxylic acids is 2. The number of amides is 2. The number of nitrogens with one attached hydrogen (secondary N) is 1. The molecule has 1 N–H and O–H groups in total. The molecule has 0 aliphatic heterocycles. The maximum atomic E-state index is 13.0. The van der Waals surface area contributed by atoms with Gasteiger partial charge in [-0.25, -0.2) is 4.98 Å². The molecule has 5 heteroatoms. The lowest BCUT2D eigenvalue weighted by molar-refractivity contribution is -0.109. The molecule has 0 saturated heterocycles. The number of nitrogens with zero attached hydrogens (tertiary/aromatic N) is 2. The van der Waals surface area contributed by atoms with Crippen LogP contribution in [0.4, 0.5) is 0 Å². The number of pyridine rings is 1. The topological polar surface area (TPSA) is 62.3 Å². The van der Waals surface area contributed by atoms with Gasteiger partial charge in [0, 0.05) is 12.6 Å². The van der Waals surface area contributed by atoms with Crippen molar-refractivity contribution in [1.29, 1.82) is 0 Å². The molecule has 5 nitrogen and oxygen atoms in total. The van der Waals surface area contributed by atoms with Gasteiger partial charge in [0.25, 0.3) is 5.91 Å². The van der Waals surface area contributed by atoms with Crippen LogP contribution in [0, 0.1) is 5.92 Å². The van der Waals surface area contributed by atoms with E-state index in [9.17, 15) is 9.59 Å². The van der Waals surface area contributed by atoms with Crippen LogP contribution in [0.1, 0.15) is 61.1 Å². The van der Waals surface area contributed by atoms with E-state index in [-0.39, 0.29) is 5.91 Å². The molecule has 0 radical (unpaired) electrons. The summed E-state index contributed by atoms with van der Waals surface area (Å²) >= 11 is 0. The van der Waals surface area contributed by atoms with Gasteiger partial charge >= 0.3 is 0 Å². The van der Waals surface area contributed by atoms with Gasteiger partial charge in [-0.15, -0.1) is 0 Å². The van der Waals surface area contributed by atoms with E-state index in [0.29, 0.717) is 30.6 Å². The second-order valence-electron chi connectivity index (χ2n) is 6.71. The molecule has 1 heterocycles. The fourth-order valence-corrected chi connectivity index (χ4v) is 3.36. The lowest BCUT2D eigenvalue weighted by Crippen LogP contribution is -2.43. The van der Waals surface area contributed by atoms with Crippen LogP contribution >= 0.6 is 0 Å². The first-order valence-corrected chi connectivity index (χ1v) is 8.72. The molecule has 2 aliphatic carbocycles.